The normalized spacial score (nSPS) is 17.4. The Morgan fingerprint density at radius 2 is 2.14 bits per heavy atom. The molecule has 0 aliphatic carbocycles. The average Bonchev–Trinajstić information content (AvgIpc) is 2.46. The first-order valence-corrected chi connectivity index (χ1v) is 6.99. The highest BCUT2D eigenvalue weighted by Gasteiger charge is 2.32. The van der Waals surface area contributed by atoms with Crippen LogP contribution in [0.1, 0.15) is 18.9 Å². The summed E-state index contributed by atoms with van der Waals surface area (Å²) in [7, 11) is 0. The summed E-state index contributed by atoms with van der Waals surface area (Å²) >= 11 is 5.90. The molecule has 3 rings (SSSR count). The molecule has 0 radical (unpaired) electrons. The fourth-order valence-electron chi connectivity index (χ4n) is 2.69. The number of hydrogen-bond donors (Lipinski definition) is 0. The van der Waals surface area contributed by atoms with Gasteiger partial charge in [-0.2, -0.15) is 0 Å². The highest BCUT2D eigenvalue weighted by molar-refractivity contribution is 6.31. The van der Waals surface area contributed by atoms with Crippen molar-refractivity contribution in [3.05, 3.63) is 51.4 Å². The predicted octanol–water partition coefficient (Wildman–Crippen LogP) is 3.51. The SMILES string of the molecule is CC1CCc2ccccc2N1c1ncnc(Cl)c1[N+](=O)[O-]. The summed E-state index contributed by atoms with van der Waals surface area (Å²) in [5, 5.41) is 11.2. The summed E-state index contributed by atoms with van der Waals surface area (Å²) in [5.74, 6) is 0.250. The van der Waals surface area contributed by atoms with E-state index in [-0.39, 0.29) is 22.7 Å². The molecule has 0 amide bonds. The lowest BCUT2D eigenvalue weighted by molar-refractivity contribution is -0.384. The standard InChI is InChI=1S/C14H13ClN4O2/c1-9-6-7-10-4-2-3-5-11(10)18(9)14-12(19(20)21)13(15)16-8-17-14/h2-5,8-9H,6-7H2,1H3. The van der Waals surface area contributed by atoms with Crippen LogP contribution in [0.5, 0.6) is 0 Å². The van der Waals surface area contributed by atoms with E-state index >= 15 is 0 Å². The number of hydrogen-bond acceptors (Lipinski definition) is 5. The number of nitrogens with zero attached hydrogens (tertiary/aromatic N) is 4. The van der Waals surface area contributed by atoms with Crippen molar-refractivity contribution in [3.8, 4) is 0 Å². The molecule has 1 unspecified atom stereocenters. The van der Waals surface area contributed by atoms with Gasteiger partial charge in [-0.15, -0.1) is 0 Å². The summed E-state index contributed by atoms with van der Waals surface area (Å²) in [6.45, 7) is 2.02. The number of halogens is 1. The van der Waals surface area contributed by atoms with Gasteiger partial charge < -0.3 is 4.90 Å². The smallest absolute Gasteiger partial charge is 0.317 e. The van der Waals surface area contributed by atoms with E-state index < -0.39 is 4.92 Å². The molecule has 7 heteroatoms. The van der Waals surface area contributed by atoms with E-state index in [0.717, 1.165) is 24.1 Å². The quantitative estimate of drug-likeness (QED) is 0.482. The summed E-state index contributed by atoms with van der Waals surface area (Å²) in [4.78, 5) is 20.5. The molecule has 2 heterocycles. The van der Waals surface area contributed by atoms with Crippen molar-refractivity contribution in [2.75, 3.05) is 4.90 Å². The minimum Gasteiger partial charge on any atom is -0.317 e. The van der Waals surface area contributed by atoms with Crippen molar-refractivity contribution < 1.29 is 4.92 Å². The zero-order chi connectivity index (χ0) is 15.0. The van der Waals surface area contributed by atoms with E-state index in [1.165, 1.54) is 6.33 Å². The number of para-hydroxylation sites is 1. The third-order valence-corrected chi connectivity index (χ3v) is 3.97. The third kappa shape index (κ3) is 2.31. The molecule has 0 fully saturated rings. The van der Waals surface area contributed by atoms with Gasteiger partial charge in [-0.1, -0.05) is 29.8 Å². The van der Waals surface area contributed by atoms with E-state index in [1.54, 1.807) is 0 Å². The van der Waals surface area contributed by atoms with Crippen LogP contribution < -0.4 is 4.90 Å². The fraction of sp³-hybridized carbons (Fsp3) is 0.286. The van der Waals surface area contributed by atoms with Crippen molar-refractivity contribution in [1.29, 1.82) is 0 Å². The minimum absolute atomic E-state index is 0.101. The molecule has 21 heavy (non-hydrogen) atoms. The van der Waals surface area contributed by atoms with Crippen LogP contribution >= 0.6 is 11.6 Å². The van der Waals surface area contributed by atoms with E-state index in [2.05, 4.69) is 9.97 Å². The number of benzene rings is 1. The maximum Gasteiger partial charge on any atom is 0.348 e. The van der Waals surface area contributed by atoms with Crippen LogP contribution in [0.2, 0.25) is 5.15 Å². The van der Waals surface area contributed by atoms with Crippen LogP contribution in [-0.4, -0.2) is 20.9 Å². The molecular weight excluding hydrogens is 292 g/mol. The van der Waals surface area contributed by atoms with Crippen LogP contribution in [0, 0.1) is 10.1 Å². The van der Waals surface area contributed by atoms with Crippen LogP contribution in [-0.2, 0) is 6.42 Å². The van der Waals surface area contributed by atoms with Crippen molar-refractivity contribution in [3.63, 3.8) is 0 Å². The number of anilines is 2. The Morgan fingerprint density at radius 3 is 2.90 bits per heavy atom. The van der Waals surface area contributed by atoms with Gasteiger partial charge in [0.1, 0.15) is 6.33 Å². The monoisotopic (exact) mass is 304 g/mol. The molecule has 1 atom stereocenters. The Morgan fingerprint density at radius 1 is 1.38 bits per heavy atom. The second-order valence-corrected chi connectivity index (χ2v) is 5.34. The number of rotatable bonds is 2. The second-order valence-electron chi connectivity index (χ2n) is 4.98. The summed E-state index contributed by atoms with van der Waals surface area (Å²) in [5.41, 5.74) is 1.84. The lowest BCUT2D eigenvalue weighted by atomic mass is 9.96. The van der Waals surface area contributed by atoms with Gasteiger partial charge in [0.25, 0.3) is 0 Å². The lowest BCUT2D eigenvalue weighted by Gasteiger charge is -2.35. The van der Waals surface area contributed by atoms with Crippen molar-refractivity contribution >= 4 is 28.8 Å². The number of aromatic nitrogens is 2. The van der Waals surface area contributed by atoms with Crippen LogP contribution in [0.4, 0.5) is 17.2 Å². The molecule has 0 saturated carbocycles. The van der Waals surface area contributed by atoms with Crippen LogP contribution in [0.15, 0.2) is 30.6 Å². The van der Waals surface area contributed by atoms with Gasteiger partial charge >= 0.3 is 5.69 Å². The molecule has 108 valence electrons. The molecule has 2 aromatic rings. The summed E-state index contributed by atoms with van der Waals surface area (Å²) in [6.07, 6.45) is 3.10. The van der Waals surface area contributed by atoms with Crippen molar-refractivity contribution in [2.24, 2.45) is 0 Å². The van der Waals surface area contributed by atoms with Gasteiger partial charge in [0.15, 0.2) is 0 Å². The van der Waals surface area contributed by atoms with Crippen molar-refractivity contribution in [1.82, 2.24) is 9.97 Å². The first-order chi connectivity index (χ1) is 10.1. The predicted molar refractivity (Wildman–Crippen MR) is 80.1 cm³/mol. The maximum atomic E-state index is 11.3. The average molecular weight is 305 g/mol. The van der Waals surface area contributed by atoms with E-state index in [4.69, 9.17) is 11.6 Å². The molecule has 0 spiro atoms. The largest absolute Gasteiger partial charge is 0.348 e. The Balaban J connectivity index is 2.21. The van der Waals surface area contributed by atoms with E-state index in [1.807, 2.05) is 36.1 Å². The highest BCUT2D eigenvalue weighted by Crippen LogP contribution is 2.41. The molecule has 1 aromatic carbocycles. The van der Waals surface area contributed by atoms with Gasteiger partial charge in [0, 0.05) is 11.7 Å². The molecule has 0 bridgehead atoms. The third-order valence-electron chi connectivity index (χ3n) is 3.69. The van der Waals surface area contributed by atoms with E-state index in [0.29, 0.717) is 0 Å². The fourth-order valence-corrected chi connectivity index (χ4v) is 2.89. The van der Waals surface area contributed by atoms with Gasteiger partial charge in [-0.3, -0.25) is 10.1 Å². The molecule has 1 aliphatic heterocycles. The van der Waals surface area contributed by atoms with E-state index in [9.17, 15) is 10.1 Å². The number of aryl methyl sites for hydroxylation is 1. The summed E-state index contributed by atoms with van der Waals surface area (Å²) in [6, 6.07) is 7.96. The second kappa shape index (κ2) is 5.29. The number of fused-ring (bicyclic) bond motifs is 1. The molecule has 1 aliphatic rings. The molecular formula is C14H13ClN4O2. The minimum atomic E-state index is -0.526. The molecule has 0 saturated heterocycles. The van der Waals surface area contributed by atoms with Crippen LogP contribution in [0.25, 0.3) is 0 Å². The molecule has 6 nitrogen and oxygen atoms in total. The Labute approximate surface area is 126 Å². The Kier molecular flexibility index (Phi) is 3.47. The van der Waals surface area contributed by atoms with Crippen LogP contribution in [0.3, 0.4) is 0 Å². The Hall–Kier alpha value is -2.21. The van der Waals surface area contributed by atoms with Crippen molar-refractivity contribution in [2.45, 2.75) is 25.8 Å². The topological polar surface area (TPSA) is 72.2 Å². The zero-order valence-corrected chi connectivity index (χ0v) is 12.1. The Bertz CT molecular complexity index is 707. The maximum absolute atomic E-state index is 11.3. The van der Waals surface area contributed by atoms with Gasteiger partial charge in [0.05, 0.1) is 4.92 Å². The van der Waals surface area contributed by atoms with Gasteiger partial charge in [0.2, 0.25) is 11.0 Å². The zero-order valence-electron chi connectivity index (χ0n) is 11.4. The highest BCUT2D eigenvalue weighted by atomic mass is 35.5. The summed E-state index contributed by atoms with van der Waals surface area (Å²) < 4.78 is 0. The lowest BCUT2D eigenvalue weighted by Crippen LogP contribution is -2.34. The first-order valence-electron chi connectivity index (χ1n) is 6.61. The first kappa shape index (κ1) is 13.8. The van der Waals surface area contributed by atoms with Gasteiger partial charge in [-0.25, -0.2) is 9.97 Å². The molecule has 1 aromatic heterocycles. The van der Waals surface area contributed by atoms with Gasteiger partial charge in [-0.05, 0) is 31.4 Å². The molecule has 0 N–H and O–H groups in total. The number of nitro groups is 1.